The average molecular weight is 292 g/mol. The highest BCUT2D eigenvalue weighted by Crippen LogP contribution is 2.17. The summed E-state index contributed by atoms with van der Waals surface area (Å²) < 4.78 is 19.4. The van der Waals surface area contributed by atoms with Gasteiger partial charge in [0.1, 0.15) is 0 Å². The maximum Gasteiger partial charge on any atom is 0.169 e. The molecule has 0 aromatic carbocycles. The number of hydrogen-bond acceptors (Lipinski definition) is 5. The Morgan fingerprint density at radius 1 is 1.29 bits per heavy atom. The topological polar surface area (TPSA) is 63.0 Å². The van der Waals surface area contributed by atoms with E-state index in [4.69, 9.17) is 4.52 Å². The highest BCUT2D eigenvalue weighted by atomic mass is 19.1. The summed E-state index contributed by atoms with van der Waals surface area (Å²) in [5.41, 5.74) is 1.31. The van der Waals surface area contributed by atoms with Crippen molar-refractivity contribution in [2.75, 3.05) is 5.32 Å². The SMILES string of the molecule is Cc1cc(CNc2nccc(CNC(C)(C)C)c2F)on1. The van der Waals surface area contributed by atoms with Gasteiger partial charge in [-0.25, -0.2) is 9.37 Å². The van der Waals surface area contributed by atoms with Crippen LogP contribution in [-0.2, 0) is 13.1 Å². The van der Waals surface area contributed by atoms with Crippen LogP contribution in [0.3, 0.4) is 0 Å². The Morgan fingerprint density at radius 3 is 2.67 bits per heavy atom. The third-order valence-corrected chi connectivity index (χ3v) is 2.89. The molecule has 0 bridgehead atoms. The van der Waals surface area contributed by atoms with Crippen molar-refractivity contribution in [3.05, 3.63) is 41.2 Å². The molecular weight excluding hydrogens is 271 g/mol. The smallest absolute Gasteiger partial charge is 0.169 e. The van der Waals surface area contributed by atoms with Gasteiger partial charge in [-0.1, -0.05) is 5.16 Å². The lowest BCUT2D eigenvalue weighted by Crippen LogP contribution is -2.35. The first-order valence-electron chi connectivity index (χ1n) is 6.89. The number of halogens is 1. The zero-order valence-corrected chi connectivity index (χ0v) is 12.8. The molecule has 2 N–H and O–H groups in total. The van der Waals surface area contributed by atoms with E-state index >= 15 is 0 Å². The number of nitrogens with zero attached hydrogens (tertiary/aromatic N) is 2. The van der Waals surface area contributed by atoms with Crippen LogP contribution in [0.5, 0.6) is 0 Å². The summed E-state index contributed by atoms with van der Waals surface area (Å²) in [4.78, 5) is 4.03. The van der Waals surface area contributed by atoms with Crippen LogP contribution in [0.4, 0.5) is 10.2 Å². The first-order valence-corrected chi connectivity index (χ1v) is 6.89. The molecule has 0 radical (unpaired) electrons. The van der Waals surface area contributed by atoms with Gasteiger partial charge in [0.15, 0.2) is 17.4 Å². The molecule has 6 heteroatoms. The lowest BCUT2D eigenvalue weighted by atomic mass is 10.1. The van der Waals surface area contributed by atoms with Gasteiger partial charge in [0.05, 0.1) is 12.2 Å². The van der Waals surface area contributed by atoms with Gasteiger partial charge in [-0.15, -0.1) is 0 Å². The maximum absolute atomic E-state index is 14.3. The predicted molar refractivity (Wildman–Crippen MR) is 79.4 cm³/mol. The average Bonchev–Trinajstić information content (AvgIpc) is 2.81. The standard InChI is InChI=1S/C15H21FN4O/c1-10-7-12(21-20-10)9-18-14-13(16)11(5-6-17-14)8-19-15(2,3)4/h5-7,19H,8-9H2,1-4H3,(H,17,18). The van der Waals surface area contributed by atoms with Crippen LogP contribution in [-0.4, -0.2) is 15.7 Å². The zero-order valence-electron chi connectivity index (χ0n) is 12.8. The molecule has 0 unspecified atom stereocenters. The molecule has 2 aromatic rings. The minimum absolute atomic E-state index is 0.0688. The van der Waals surface area contributed by atoms with Crippen LogP contribution in [0.25, 0.3) is 0 Å². The molecule has 114 valence electrons. The Labute approximate surface area is 123 Å². The molecule has 0 aliphatic heterocycles. The Hall–Kier alpha value is -1.95. The van der Waals surface area contributed by atoms with Gasteiger partial charge in [-0.2, -0.15) is 0 Å². The summed E-state index contributed by atoms with van der Waals surface area (Å²) in [7, 11) is 0. The second-order valence-electron chi connectivity index (χ2n) is 6.02. The van der Waals surface area contributed by atoms with Crippen LogP contribution in [0.1, 0.15) is 37.8 Å². The quantitative estimate of drug-likeness (QED) is 0.887. The first kappa shape index (κ1) is 15.4. The summed E-state index contributed by atoms with van der Waals surface area (Å²) in [6.07, 6.45) is 1.59. The number of aryl methyl sites for hydroxylation is 1. The fourth-order valence-corrected chi connectivity index (χ4v) is 1.77. The highest BCUT2D eigenvalue weighted by molar-refractivity contribution is 5.40. The summed E-state index contributed by atoms with van der Waals surface area (Å²) in [6, 6.07) is 3.48. The normalized spacial score (nSPS) is 11.7. The monoisotopic (exact) mass is 292 g/mol. The van der Waals surface area contributed by atoms with Crippen molar-refractivity contribution in [1.82, 2.24) is 15.5 Å². The zero-order chi connectivity index (χ0) is 15.5. The van der Waals surface area contributed by atoms with Crippen molar-refractivity contribution in [2.45, 2.75) is 46.3 Å². The van der Waals surface area contributed by atoms with Crippen LogP contribution >= 0.6 is 0 Å². The number of nitrogens with one attached hydrogen (secondary N) is 2. The Morgan fingerprint density at radius 2 is 2.05 bits per heavy atom. The molecule has 0 saturated carbocycles. The molecule has 2 rings (SSSR count). The number of pyridine rings is 1. The second-order valence-corrected chi connectivity index (χ2v) is 6.02. The van der Waals surface area contributed by atoms with E-state index < -0.39 is 0 Å². The molecule has 0 fully saturated rings. The lowest BCUT2D eigenvalue weighted by molar-refractivity contribution is 0.384. The number of hydrogen-bond donors (Lipinski definition) is 2. The second kappa shape index (κ2) is 6.22. The molecule has 2 aromatic heterocycles. The summed E-state index contributed by atoms with van der Waals surface area (Å²) in [5.74, 6) is 0.523. The molecule has 0 aliphatic carbocycles. The van der Waals surface area contributed by atoms with Gasteiger partial charge < -0.3 is 15.2 Å². The number of rotatable bonds is 5. The van der Waals surface area contributed by atoms with E-state index in [9.17, 15) is 4.39 Å². The summed E-state index contributed by atoms with van der Waals surface area (Å²) in [5, 5.41) is 9.98. The maximum atomic E-state index is 14.3. The molecule has 0 aliphatic rings. The van der Waals surface area contributed by atoms with Crippen molar-refractivity contribution in [1.29, 1.82) is 0 Å². The van der Waals surface area contributed by atoms with Crippen molar-refractivity contribution < 1.29 is 8.91 Å². The number of aromatic nitrogens is 2. The fraction of sp³-hybridized carbons (Fsp3) is 0.467. The predicted octanol–water partition coefficient (Wildman–Crippen LogP) is 3.02. The van der Waals surface area contributed by atoms with Gasteiger partial charge in [0, 0.05) is 29.9 Å². The van der Waals surface area contributed by atoms with Crippen molar-refractivity contribution in [2.24, 2.45) is 0 Å². The lowest BCUT2D eigenvalue weighted by Gasteiger charge is -2.21. The fourth-order valence-electron chi connectivity index (χ4n) is 1.77. The van der Waals surface area contributed by atoms with Gasteiger partial charge >= 0.3 is 0 Å². The van der Waals surface area contributed by atoms with Crippen molar-refractivity contribution in [3.63, 3.8) is 0 Å². The molecule has 5 nitrogen and oxygen atoms in total. The van der Waals surface area contributed by atoms with E-state index in [0.717, 1.165) is 5.69 Å². The van der Waals surface area contributed by atoms with Crippen LogP contribution in [0.2, 0.25) is 0 Å². The Kier molecular flexibility index (Phi) is 4.57. The highest BCUT2D eigenvalue weighted by Gasteiger charge is 2.13. The summed E-state index contributed by atoms with van der Waals surface area (Å²) >= 11 is 0. The van der Waals surface area contributed by atoms with E-state index in [1.54, 1.807) is 18.3 Å². The molecule has 21 heavy (non-hydrogen) atoms. The van der Waals surface area contributed by atoms with E-state index in [1.807, 2.05) is 27.7 Å². The van der Waals surface area contributed by atoms with Crippen LogP contribution < -0.4 is 10.6 Å². The third kappa shape index (κ3) is 4.53. The largest absolute Gasteiger partial charge is 0.360 e. The molecule has 2 heterocycles. The molecule has 0 atom stereocenters. The van der Waals surface area contributed by atoms with E-state index in [2.05, 4.69) is 20.8 Å². The van der Waals surface area contributed by atoms with Crippen LogP contribution in [0, 0.1) is 12.7 Å². The van der Waals surface area contributed by atoms with Crippen molar-refractivity contribution >= 4 is 5.82 Å². The Bertz CT molecular complexity index is 604. The third-order valence-electron chi connectivity index (χ3n) is 2.89. The van der Waals surface area contributed by atoms with Gasteiger partial charge in [-0.05, 0) is 33.8 Å². The van der Waals surface area contributed by atoms with E-state index in [1.165, 1.54) is 0 Å². The minimum Gasteiger partial charge on any atom is -0.360 e. The Balaban J connectivity index is 2.03. The number of anilines is 1. The molecule has 0 saturated heterocycles. The summed E-state index contributed by atoms with van der Waals surface area (Å²) in [6.45, 7) is 8.76. The molecule has 0 amide bonds. The van der Waals surface area contributed by atoms with Gasteiger partial charge in [-0.3, -0.25) is 0 Å². The first-order chi connectivity index (χ1) is 9.85. The molecular formula is C15H21FN4O. The van der Waals surface area contributed by atoms with Gasteiger partial charge in [0.25, 0.3) is 0 Å². The van der Waals surface area contributed by atoms with E-state index in [0.29, 0.717) is 24.4 Å². The molecule has 0 spiro atoms. The minimum atomic E-state index is -0.342. The van der Waals surface area contributed by atoms with Crippen molar-refractivity contribution in [3.8, 4) is 0 Å². The van der Waals surface area contributed by atoms with E-state index in [-0.39, 0.29) is 17.2 Å². The van der Waals surface area contributed by atoms with Gasteiger partial charge in [0.2, 0.25) is 0 Å². The van der Waals surface area contributed by atoms with Crippen LogP contribution in [0.15, 0.2) is 22.9 Å².